The zero-order chi connectivity index (χ0) is 14.8. The number of alkyl halides is 3. The summed E-state index contributed by atoms with van der Waals surface area (Å²) in [4.78, 5) is 1.99. The zero-order valence-electron chi connectivity index (χ0n) is 10.9. The lowest BCUT2D eigenvalue weighted by Crippen LogP contribution is -2.43. The van der Waals surface area contributed by atoms with Crippen LogP contribution in [-0.4, -0.2) is 40.5 Å². The molecule has 20 heavy (non-hydrogen) atoms. The Morgan fingerprint density at radius 3 is 2.35 bits per heavy atom. The van der Waals surface area contributed by atoms with Crippen LogP contribution in [-0.2, 0) is 13.2 Å². The lowest BCUT2D eigenvalue weighted by Gasteiger charge is -2.34. The molecule has 2 heterocycles. The molecule has 1 fully saturated rings. The molecular weight excluding hydrogens is 275 g/mol. The van der Waals surface area contributed by atoms with Crippen molar-refractivity contribution in [3.05, 3.63) is 23.7 Å². The van der Waals surface area contributed by atoms with Crippen molar-refractivity contribution in [2.24, 2.45) is 5.92 Å². The first-order valence-corrected chi connectivity index (χ1v) is 6.55. The van der Waals surface area contributed by atoms with Gasteiger partial charge in [0.05, 0.1) is 6.54 Å². The molecule has 0 amide bonds. The standard InChI is InChI=1S/C13H18F3NO3/c14-13(15,16)12(19)9-3-5-17(6-4-9)7-10-1-2-11(8-18)20-10/h1-2,9,12,18-19H,3-8H2. The fraction of sp³-hybridized carbons (Fsp3) is 0.692. The fourth-order valence-electron chi connectivity index (χ4n) is 2.51. The van der Waals surface area contributed by atoms with Crippen molar-refractivity contribution >= 4 is 0 Å². The molecule has 1 aromatic heterocycles. The monoisotopic (exact) mass is 293 g/mol. The molecule has 7 heteroatoms. The third-order valence-corrected chi connectivity index (χ3v) is 3.67. The Morgan fingerprint density at radius 1 is 1.25 bits per heavy atom. The Morgan fingerprint density at radius 2 is 1.85 bits per heavy atom. The van der Waals surface area contributed by atoms with Gasteiger partial charge in [0.25, 0.3) is 0 Å². The summed E-state index contributed by atoms with van der Waals surface area (Å²) >= 11 is 0. The molecule has 1 aliphatic heterocycles. The van der Waals surface area contributed by atoms with Gasteiger partial charge in [0, 0.05) is 0 Å². The average molecular weight is 293 g/mol. The Balaban J connectivity index is 1.82. The number of aliphatic hydroxyl groups excluding tert-OH is 2. The Hall–Kier alpha value is -1.05. The van der Waals surface area contributed by atoms with Crippen molar-refractivity contribution in [1.29, 1.82) is 0 Å². The van der Waals surface area contributed by atoms with Gasteiger partial charge >= 0.3 is 6.18 Å². The van der Waals surface area contributed by atoms with Crippen molar-refractivity contribution < 1.29 is 27.8 Å². The minimum absolute atomic E-state index is 0.167. The predicted octanol–water partition coefficient (Wildman–Crippen LogP) is 1.91. The second-order valence-corrected chi connectivity index (χ2v) is 5.13. The van der Waals surface area contributed by atoms with E-state index in [0.717, 1.165) is 0 Å². The van der Waals surface area contributed by atoms with Crippen LogP contribution in [0, 0.1) is 5.92 Å². The Labute approximate surface area is 114 Å². The first-order valence-electron chi connectivity index (χ1n) is 6.55. The lowest BCUT2D eigenvalue weighted by atomic mass is 9.91. The van der Waals surface area contributed by atoms with Crippen LogP contribution in [0.1, 0.15) is 24.4 Å². The first kappa shape index (κ1) is 15.3. The van der Waals surface area contributed by atoms with Crippen molar-refractivity contribution in [3.8, 4) is 0 Å². The highest BCUT2D eigenvalue weighted by Gasteiger charge is 2.44. The van der Waals surface area contributed by atoms with E-state index < -0.39 is 18.2 Å². The van der Waals surface area contributed by atoms with Crippen LogP contribution in [0.15, 0.2) is 16.5 Å². The first-order chi connectivity index (χ1) is 9.40. The van der Waals surface area contributed by atoms with Gasteiger partial charge in [0.1, 0.15) is 18.1 Å². The topological polar surface area (TPSA) is 56.8 Å². The van der Waals surface area contributed by atoms with E-state index in [1.165, 1.54) is 0 Å². The van der Waals surface area contributed by atoms with Gasteiger partial charge in [-0.15, -0.1) is 0 Å². The average Bonchev–Trinajstić information content (AvgIpc) is 2.85. The number of likely N-dealkylation sites (tertiary alicyclic amines) is 1. The van der Waals surface area contributed by atoms with Gasteiger partial charge in [-0.25, -0.2) is 0 Å². The molecule has 0 aliphatic carbocycles. The zero-order valence-corrected chi connectivity index (χ0v) is 10.9. The minimum atomic E-state index is -4.54. The predicted molar refractivity (Wildman–Crippen MR) is 64.7 cm³/mol. The van der Waals surface area contributed by atoms with Gasteiger partial charge in [-0.2, -0.15) is 13.2 Å². The van der Waals surface area contributed by atoms with Crippen molar-refractivity contribution in [3.63, 3.8) is 0 Å². The minimum Gasteiger partial charge on any atom is -0.462 e. The van der Waals surface area contributed by atoms with Crippen molar-refractivity contribution in [1.82, 2.24) is 4.90 Å². The molecule has 0 bridgehead atoms. The smallest absolute Gasteiger partial charge is 0.414 e. The number of halogens is 3. The van der Waals surface area contributed by atoms with E-state index in [1.54, 1.807) is 12.1 Å². The summed E-state index contributed by atoms with van der Waals surface area (Å²) < 4.78 is 42.6. The highest BCUT2D eigenvalue weighted by molar-refractivity contribution is 5.06. The highest BCUT2D eigenvalue weighted by Crippen LogP contribution is 2.31. The van der Waals surface area contributed by atoms with Crippen LogP contribution < -0.4 is 0 Å². The molecule has 114 valence electrons. The van der Waals surface area contributed by atoms with Gasteiger partial charge in [0.2, 0.25) is 0 Å². The van der Waals surface area contributed by atoms with Gasteiger partial charge in [-0.1, -0.05) is 0 Å². The number of hydrogen-bond acceptors (Lipinski definition) is 4. The second-order valence-electron chi connectivity index (χ2n) is 5.13. The van der Waals surface area contributed by atoms with E-state index in [-0.39, 0.29) is 6.61 Å². The largest absolute Gasteiger partial charge is 0.462 e. The maximum Gasteiger partial charge on any atom is 0.414 e. The number of furan rings is 1. The molecule has 1 unspecified atom stereocenters. The molecule has 1 saturated heterocycles. The third-order valence-electron chi connectivity index (χ3n) is 3.67. The van der Waals surface area contributed by atoms with E-state index in [4.69, 9.17) is 9.52 Å². The van der Waals surface area contributed by atoms with Gasteiger partial charge < -0.3 is 14.6 Å². The summed E-state index contributed by atoms with van der Waals surface area (Å²) in [5.74, 6) is 0.433. The van der Waals surface area contributed by atoms with Gasteiger partial charge in [0.15, 0.2) is 6.10 Å². The van der Waals surface area contributed by atoms with E-state index in [1.807, 2.05) is 4.90 Å². The van der Waals surface area contributed by atoms with Crippen LogP contribution >= 0.6 is 0 Å². The van der Waals surface area contributed by atoms with E-state index >= 15 is 0 Å². The number of aliphatic hydroxyl groups is 2. The quantitative estimate of drug-likeness (QED) is 0.890. The molecule has 0 saturated carbocycles. The molecule has 0 aromatic carbocycles. The summed E-state index contributed by atoms with van der Waals surface area (Å²) in [6.45, 7) is 1.33. The lowest BCUT2D eigenvalue weighted by molar-refractivity contribution is -0.223. The van der Waals surface area contributed by atoms with Crippen LogP contribution in [0.5, 0.6) is 0 Å². The van der Waals surface area contributed by atoms with Crippen molar-refractivity contribution in [2.75, 3.05) is 13.1 Å². The van der Waals surface area contributed by atoms with E-state index in [2.05, 4.69) is 0 Å². The molecule has 2 rings (SSSR count). The second kappa shape index (κ2) is 6.15. The summed E-state index contributed by atoms with van der Waals surface area (Å²) in [6.07, 6.45) is -6.14. The molecule has 1 aliphatic rings. The molecule has 4 nitrogen and oxygen atoms in total. The number of piperidine rings is 1. The Bertz CT molecular complexity index is 425. The fourth-order valence-corrected chi connectivity index (χ4v) is 2.51. The Kier molecular flexibility index (Phi) is 4.72. The molecule has 1 atom stereocenters. The number of hydrogen-bond donors (Lipinski definition) is 2. The van der Waals surface area contributed by atoms with Crippen LogP contribution in [0.4, 0.5) is 13.2 Å². The summed E-state index contributed by atoms with van der Waals surface area (Å²) in [7, 11) is 0. The highest BCUT2D eigenvalue weighted by atomic mass is 19.4. The number of nitrogens with zero attached hydrogens (tertiary/aromatic N) is 1. The summed E-state index contributed by atoms with van der Waals surface area (Å²) in [6, 6.07) is 3.43. The summed E-state index contributed by atoms with van der Waals surface area (Å²) in [5, 5.41) is 18.1. The van der Waals surface area contributed by atoms with Gasteiger partial charge in [-0.05, 0) is 44.0 Å². The van der Waals surface area contributed by atoms with E-state index in [0.29, 0.717) is 44.0 Å². The van der Waals surface area contributed by atoms with Crippen LogP contribution in [0.3, 0.4) is 0 Å². The van der Waals surface area contributed by atoms with Crippen molar-refractivity contribution in [2.45, 2.75) is 38.3 Å². The van der Waals surface area contributed by atoms with Gasteiger partial charge in [-0.3, -0.25) is 4.90 Å². The molecule has 0 radical (unpaired) electrons. The molecule has 1 aromatic rings. The molecular formula is C13H18F3NO3. The van der Waals surface area contributed by atoms with Crippen LogP contribution in [0.25, 0.3) is 0 Å². The third kappa shape index (κ3) is 3.74. The maximum atomic E-state index is 12.4. The van der Waals surface area contributed by atoms with E-state index in [9.17, 15) is 18.3 Å². The number of rotatable bonds is 4. The maximum absolute atomic E-state index is 12.4. The summed E-state index contributed by atoms with van der Waals surface area (Å²) in [5.41, 5.74) is 0. The molecule has 2 N–H and O–H groups in total. The molecule has 0 spiro atoms. The normalized spacial score (nSPS) is 20.2. The SMILES string of the molecule is OCc1ccc(CN2CCC(C(O)C(F)(F)F)CC2)o1. The van der Waals surface area contributed by atoms with Crippen LogP contribution in [0.2, 0.25) is 0 Å².